The molecule has 0 saturated carbocycles. The van der Waals surface area contributed by atoms with Crippen molar-refractivity contribution >= 4 is 12.6 Å². The van der Waals surface area contributed by atoms with Crippen LogP contribution in [-0.2, 0) is 26.4 Å². The molecule has 0 aliphatic carbocycles. The van der Waals surface area contributed by atoms with Gasteiger partial charge in [-0.25, -0.2) is 0 Å². The second-order valence-corrected chi connectivity index (χ2v) is 1.98. The molecular weight excluding hydrogens is 219 g/mol. The van der Waals surface area contributed by atoms with Gasteiger partial charge in [-0.05, 0) is 13.8 Å². The van der Waals surface area contributed by atoms with Crippen LogP contribution in [0, 0.1) is 0 Å². The predicted octanol–water partition coefficient (Wildman–Crippen LogP) is 1.29. The van der Waals surface area contributed by atoms with Crippen LogP contribution < -0.4 is 0 Å². The van der Waals surface area contributed by atoms with E-state index in [-0.39, 0.29) is 16.8 Å². The monoisotopic (exact) mass is 231 g/mol. The Hall–Kier alpha value is -1.07. The number of aliphatic hydroxyl groups excluding tert-OH is 2. The summed E-state index contributed by atoms with van der Waals surface area (Å²) in [6.07, 6.45) is 2.71. The van der Waals surface area contributed by atoms with Crippen LogP contribution in [-0.4, -0.2) is 22.8 Å². The van der Waals surface area contributed by atoms with E-state index in [0.29, 0.717) is 23.7 Å². The summed E-state index contributed by atoms with van der Waals surface area (Å²) in [5.41, 5.74) is 0.685. The average molecular weight is 231 g/mol. The van der Waals surface area contributed by atoms with E-state index in [1.54, 1.807) is 0 Å². The number of hydrogen-bond acceptors (Lipinski definition) is 4. The molecule has 0 saturated heterocycles. The van der Waals surface area contributed by atoms with Gasteiger partial charge in [0.15, 0.2) is 0 Å². The van der Waals surface area contributed by atoms with Crippen LogP contribution in [0.25, 0.3) is 0 Å². The van der Waals surface area contributed by atoms with Crippen molar-refractivity contribution in [3.05, 3.63) is 23.7 Å². The molecule has 77 valence electrons. The quantitative estimate of drug-likeness (QED) is 0.426. The largest absolute Gasteiger partial charge is 0.515 e. The number of hydrogen-bond donors (Lipinski definition) is 2. The van der Waals surface area contributed by atoms with Crippen LogP contribution in [0.3, 0.4) is 0 Å². The molecule has 0 aromatic rings. The first kappa shape index (κ1) is 17.9. The Morgan fingerprint density at radius 3 is 1.15 bits per heavy atom. The van der Waals surface area contributed by atoms with Crippen LogP contribution in [0.1, 0.15) is 13.8 Å². The molecule has 2 N–H and O–H groups in total. The summed E-state index contributed by atoms with van der Waals surface area (Å²) in [6.45, 7) is 3.04. The van der Waals surface area contributed by atoms with Gasteiger partial charge in [-0.3, -0.25) is 9.59 Å². The summed E-state index contributed by atoms with van der Waals surface area (Å²) in [4.78, 5) is 19.0. The van der Waals surface area contributed by atoms with Crippen LogP contribution in [0.5, 0.6) is 0 Å². The van der Waals surface area contributed by atoms with Crippen LogP contribution in [0.15, 0.2) is 23.7 Å². The maximum atomic E-state index is 9.51. The van der Waals surface area contributed by atoms with Gasteiger partial charge in [-0.2, -0.15) is 0 Å². The molecule has 0 bridgehead atoms. The normalized spacial score (nSPS) is 10.3. The first-order valence-electron chi connectivity index (χ1n) is 3.14. The molecule has 0 rings (SSSR count). The summed E-state index contributed by atoms with van der Waals surface area (Å²) in [7, 11) is 0. The van der Waals surface area contributed by atoms with Crippen molar-refractivity contribution in [1.29, 1.82) is 0 Å². The Labute approximate surface area is 87.2 Å². The molecular formula is C8H12CoO4. The maximum absolute atomic E-state index is 9.51. The van der Waals surface area contributed by atoms with Gasteiger partial charge in [0, 0.05) is 27.9 Å². The number of carbonyl (C=O) groups is 2. The minimum absolute atomic E-state index is 0. The van der Waals surface area contributed by atoms with E-state index >= 15 is 0 Å². The third kappa shape index (κ3) is 18.1. The minimum atomic E-state index is 0. The zero-order valence-electron chi connectivity index (χ0n) is 7.35. The summed E-state index contributed by atoms with van der Waals surface area (Å²) in [5, 5.41) is 15.9. The number of allylic oxidation sites excluding steroid dienone is 2. The summed E-state index contributed by atoms with van der Waals surface area (Å²) in [6, 6.07) is 0. The molecule has 4 nitrogen and oxygen atoms in total. The third-order valence-corrected chi connectivity index (χ3v) is 0.779. The van der Waals surface area contributed by atoms with Crippen molar-refractivity contribution < 1.29 is 36.6 Å². The second kappa shape index (κ2) is 13.5. The van der Waals surface area contributed by atoms with Gasteiger partial charge >= 0.3 is 0 Å². The van der Waals surface area contributed by atoms with E-state index in [1.807, 2.05) is 0 Å². The first-order valence-corrected chi connectivity index (χ1v) is 3.14. The average Bonchev–Trinajstić information content (AvgIpc) is 2.16. The molecule has 0 spiro atoms. The Morgan fingerprint density at radius 1 is 0.923 bits per heavy atom. The Morgan fingerprint density at radius 2 is 1.15 bits per heavy atom. The van der Waals surface area contributed by atoms with E-state index in [4.69, 9.17) is 10.2 Å². The molecule has 0 heterocycles. The van der Waals surface area contributed by atoms with E-state index in [9.17, 15) is 9.59 Å². The number of rotatable bonds is 2. The van der Waals surface area contributed by atoms with Crippen molar-refractivity contribution in [1.82, 2.24) is 0 Å². The fourth-order valence-corrected chi connectivity index (χ4v) is 0.0609. The van der Waals surface area contributed by atoms with Gasteiger partial charge in [0.1, 0.15) is 12.6 Å². The number of aliphatic hydroxyl groups is 2. The topological polar surface area (TPSA) is 74.6 Å². The molecule has 0 amide bonds. The predicted molar refractivity (Wildman–Crippen MR) is 44.9 cm³/mol. The van der Waals surface area contributed by atoms with Crippen molar-refractivity contribution in [2.45, 2.75) is 13.8 Å². The van der Waals surface area contributed by atoms with Crippen molar-refractivity contribution in [2.24, 2.45) is 0 Å². The van der Waals surface area contributed by atoms with E-state index in [2.05, 4.69) is 0 Å². The molecule has 0 unspecified atom stereocenters. The molecule has 0 aromatic carbocycles. The Balaban J connectivity index is -0.000000143. The number of carbonyl (C=O) groups excluding carboxylic acids is 2. The Kier molecular flexibility index (Phi) is 18.6. The zero-order chi connectivity index (χ0) is 9.98. The van der Waals surface area contributed by atoms with Gasteiger partial charge in [0.25, 0.3) is 0 Å². The maximum Gasteiger partial charge on any atom is 0.148 e. The summed E-state index contributed by atoms with van der Waals surface area (Å²) >= 11 is 0. The molecule has 0 aliphatic rings. The fraction of sp³-hybridized carbons (Fsp3) is 0.250. The summed E-state index contributed by atoms with van der Waals surface area (Å²) in [5.74, 6) is 0. The van der Waals surface area contributed by atoms with Gasteiger partial charge < -0.3 is 10.2 Å². The van der Waals surface area contributed by atoms with E-state index in [1.165, 1.54) is 13.8 Å². The van der Waals surface area contributed by atoms with E-state index in [0.717, 1.165) is 12.5 Å². The molecule has 0 aromatic heterocycles. The van der Waals surface area contributed by atoms with Gasteiger partial charge in [-0.1, -0.05) is 0 Å². The fourth-order valence-electron chi connectivity index (χ4n) is 0.0609. The van der Waals surface area contributed by atoms with Gasteiger partial charge in [-0.15, -0.1) is 0 Å². The van der Waals surface area contributed by atoms with Crippen molar-refractivity contribution in [3.8, 4) is 0 Å². The van der Waals surface area contributed by atoms with E-state index < -0.39 is 0 Å². The summed E-state index contributed by atoms with van der Waals surface area (Å²) < 4.78 is 0. The minimum Gasteiger partial charge on any atom is -0.515 e. The van der Waals surface area contributed by atoms with Crippen LogP contribution in [0.4, 0.5) is 0 Å². The Bertz CT molecular complexity index is 174. The third-order valence-electron chi connectivity index (χ3n) is 0.779. The van der Waals surface area contributed by atoms with Crippen LogP contribution in [0.2, 0.25) is 0 Å². The second-order valence-electron chi connectivity index (χ2n) is 1.98. The zero-order valence-corrected chi connectivity index (χ0v) is 8.39. The SMILES string of the molecule is C/C(C=O)=C/O.C/C(C=O)=C/O.[Co]. The smallest absolute Gasteiger partial charge is 0.148 e. The molecule has 1 radical (unpaired) electrons. The van der Waals surface area contributed by atoms with Gasteiger partial charge in [0.05, 0.1) is 12.5 Å². The standard InChI is InChI=1S/2C4H6O2.Co/c2*1-4(2-5)3-6;/h2*2-3,5H,1H3;/b2*4-2-;. The van der Waals surface area contributed by atoms with Crippen molar-refractivity contribution in [3.63, 3.8) is 0 Å². The van der Waals surface area contributed by atoms with Gasteiger partial charge in [0.2, 0.25) is 0 Å². The number of aldehydes is 2. The first-order chi connectivity index (χ1) is 5.62. The van der Waals surface area contributed by atoms with Crippen LogP contribution >= 0.6 is 0 Å². The molecule has 0 atom stereocenters. The van der Waals surface area contributed by atoms with Crippen molar-refractivity contribution in [2.75, 3.05) is 0 Å². The molecule has 0 aliphatic heterocycles. The molecule has 13 heavy (non-hydrogen) atoms. The molecule has 0 fully saturated rings. The molecule has 5 heteroatoms.